The molecule has 2 aromatic carbocycles. The molecule has 3 rings (SSSR count). The maximum Gasteiger partial charge on any atom is 0.270 e. The Morgan fingerprint density at radius 1 is 1.15 bits per heavy atom. The Bertz CT molecular complexity index is 897. The molecule has 0 aliphatic rings. The second kappa shape index (κ2) is 8.24. The fourth-order valence-electron chi connectivity index (χ4n) is 2.60. The smallest absolute Gasteiger partial charge is 0.270 e. The van der Waals surface area contributed by atoms with Gasteiger partial charge in [-0.25, -0.2) is 9.97 Å². The number of anilines is 1. The number of nitrogens with zero attached hydrogens (tertiary/aromatic N) is 3. The van der Waals surface area contributed by atoms with Crippen molar-refractivity contribution in [2.45, 2.75) is 19.8 Å². The summed E-state index contributed by atoms with van der Waals surface area (Å²) in [6.45, 7) is 3.45. The number of rotatable bonds is 8. The Balaban J connectivity index is 1.66. The van der Waals surface area contributed by atoms with E-state index in [9.17, 15) is 10.1 Å². The van der Waals surface area contributed by atoms with Gasteiger partial charge in [0.2, 0.25) is 0 Å². The quantitative estimate of drug-likeness (QED) is 0.487. The first-order valence-electron chi connectivity index (χ1n) is 8.52. The summed E-state index contributed by atoms with van der Waals surface area (Å²) in [7, 11) is 0. The summed E-state index contributed by atoms with van der Waals surface area (Å²) < 4.78 is 5.58. The van der Waals surface area contributed by atoms with E-state index in [-0.39, 0.29) is 5.69 Å². The average Bonchev–Trinajstić information content (AvgIpc) is 2.67. The number of fused-ring (bicyclic) bond motifs is 1. The minimum absolute atomic E-state index is 0.0259. The average molecular weight is 352 g/mol. The standard InChI is InChI=1S/C19H20N4O3/c1-2-11-26-16-6-3-14(4-7-16)9-10-20-19-17-12-15(23(24)25)5-8-18(17)21-13-22-19/h3-8,12-13H,2,9-11H2,1H3,(H,20,21,22). The topological polar surface area (TPSA) is 90.2 Å². The van der Waals surface area contributed by atoms with Gasteiger partial charge in [0.05, 0.1) is 17.0 Å². The van der Waals surface area contributed by atoms with Gasteiger partial charge in [0.15, 0.2) is 0 Å². The SMILES string of the molecule is CCCOc1ccc(CCNc2ncnc3ccc([N+](=O)[O-])cc23)cc1. The summed E-state index contributed by atoms with van der Waals surface area (Å²) >= 11 is 0. The number of hydrogen-bond acceptors (Lipinski definition) is 6. The second-order valence-electron chi connectivity index (χ2n) is 5.85. The van der Waals surface area contributed by atoms with Crippen molar-refractivity contribution in [2.75, 3.05) is 18.5 Å². The molecule has 0 unspecified atom stereocenters. The Labute approximate surface area is 151 Å². The minimum Gasteiger partial charge on any atom is -0.494 e. The summed E-state index contributed by atoms with van der Waals surface area (Å²) in [5.74, 6) is 1.47. The predicted molar refractivity (Wildman–Crippen MR) is 101 cm³/mol. The molecule has 0 bridgehead atoms. The van der Waals surface area contributed by atoms with Gasteiger partial charge in [0.1, 0.15) is 17.9 Å². The Morgan fingerprint density at radius 3 is 2.69 bits per heavy atom. The van der Waals surface area contributed by atoms with Crippen LogP contribution in [0.2, 0.25) is 0 Å². The fraction of sp³-hybridized carbons (Fsp3) is 0.263. The molecule has 0 spiro atoms. The van der Waals surface area contributed by atoms with E-state index in [2.05, 4.69) is 22.2 Å². The predicted octanol–water partition coefficient (Wildman–Crippen LogP) is 3.98. The van der Waals surface area contributed by atoms with Gasteiger partial charge in [-0.2, -0.15) is 0 Å². The molecule has 1 N–H and O–H groups in total. The second-order valence-corrected chi connectivity index (χ2v) is 5.85. The lowest BCUT2D eigenvalue weighted by Gasteiger charge is -2.09. The molecule has 3 aromatic rings. The van der Waals surface area contributed by atoms with Gasteiger partial charge in [-0.15, -0.1) is 0 Å². The van der Waals surface area contributed by atoms with E-state index in [4.69, 9.17) is 4.74 Å². The molecule has 0 aliphatic carbocycles. The van der Waals surface area contributed by atoms with Crippen molar-refractivity contribution in [3.63, 3.8) is 0 Å². The first kappa shape index (κ1) is 17.6. The lowest BCUT2D eigenvalue weighted by molar-refractivity contribution is -0.384. The lowest BCUT2D eigenvalue weighted by atomic mass is 10.1. The lowest BCUT2D eigenvalue weighted by Crippen LogP contribution is -2.07. The van der Waals surface area contributed by atoms with Crippen molar-refractivity contribution >= 4 is 22.4 Å². The first-order chi connectivity index (χ1) is 12.7. The van der Waals surface area contributed by atoms with Crippen molar-refractivity contribution in [1.29, 1.82) is 0 Å². The van der Waals surface area contributed by atoms with Crippen LogP contribution < -0.4 is 10.1 Å². The van der Waals surface area contributed by atoms with E-state index in [0.717, 1.165) is 18.6 Å². The molecule has 0 saturated carbocycles. The van der Waals surface area contributed by atoms with Crippen LogP contribution in [0.3, 0.4) is 0 Å². The van der Waals surface area contributed by atoms with Crippen LogP contribution in [-0.2, 0) is 6.42 Å². The van der Waals surface area contributed by atoms with Crippen LogP contribution in [0.25, 0.3) is 10.9 Å². The van der Waals surface area contributed by atoms with Crippen LogP contribution in [0.5, 0.6) is 5.75 Å². The van der Waals surface area contributed by atoms with Crippen LogP contribution in [0.4, 0.5) is 11.5 Å². The number of nitro benzene ring substituents is 1. The minimum atomic E-state index is -0.418. The summed E-state index contributed by atoms with van der Waals surface area (Å²) in [5.41, 5.74) is 1.87. The normalized spacial score (nSPS) is 10.7. The van der Waals surface area contributed by atoms with Crippen molar-refractivity contribution in [2.24, 2.45) is 0 Å². The van der Waals surface area contributed by atoms with Gasteiger partial charge >= 0.3 is 0 Å². The Kier molecular flexibility index (Phi) is 5.58. The molecule has 0 atom stereocenters. The summed E-state index contributed by atoms with van der Waals surface area (Å²) in [6.07, 6.45) is 3.24. The molecule has 0 fully saturated rings. The van der Waals surface area contributed by atoms with Crippen LogP contribution in [0.1, 0.15) is 18.9 Å². The highest BCUT2D eigenvalue weighted by Crippen LogP contribution is 2.24. The van der Waals surface area contributed by atoms with Crippen molar-refractivity contribution in [3.8, 4) is 5.75 Å². The molecule has 7 heteroatoms. The fourth-order valence-corrected chi connectivity index (χ4v) is 2.60. The highest BCUT2D eigenvalue weighted by atomic mass is 16.6. The molecule has 1 aromatic heterocycles. The zero-order valence-electron chi connectivity index (χ0n) is 14.5. The van der Waals surface area contributed by atoms with E-state index in [0.29, 0.717) is 29.9 Å². The first-order valence-corrected chi connectivity index (χ1v) is 8.52. The van der Waals surface area contributed by atoms with Crippen molar-refractivity contribution < 1.29 is 9.66 Å². The summed E-state index contributed by atoms with van der Waals surface area (Å²) in [5, 5.41) is 14.9. The van der Waals surface area contributed by atoms with Gasteiger partial charge in [0.25, 0.3) is 5.69 Å². The maximum absolute atomic E-state index is 11.0. The van der Waals surface area contributed by atoms with Crippen LogP contribution >= 0.6 is 0 Å². The third kappa shape index (κ3) is 4.24. The number of nitrogens with one attached hydrogen (secondary N) is 1. The van der Waals surface area contributed by atoms with Crippen molar-refractivity contribution in [1.82, 2.24) is 9.97 Å². The molecule has 134 valence electrons. The van der Waals surface area contributed by atoms with Gasteiger partial charge in [0, 0.05) is 24.1 Å². The third-order valence-electron chi connectivity index (χ3n) is 3.93. The Hall–Kier alpha value is -3.22. The molecule has 7 nitrogen and oxygen atoms in total. The van der Waals surface area contributed by atoms with E-state index in [1.54, 1.807) is 6.07 Å². The highest BCUT2D eigenvalue weighted by Gasteiger charge is 2.10. The van der Waals surface area contributed by atoms with E-state index in [1.807, 2.05) is 24.3 Å². The summed E-state index contributed by atoms with van der Waals surface area (Å²) in [4.78, 5) is 18.9. The molecule has 0 radical (unpaired) electrons. The monoisotopic (exact) mass is 352 g/mol. The molecular formula is C19H20N4O3. The molecule has 1 heterocycles. The van der Waals surface area contributed by atoms with E-state index in [1.165, 1.54) is 24.0 Å². The highest BCUT2D eigenvalue weighted by molar-refractivity contribution is 5.90. The van der Waals surface area contributed by atoms with E-state index >= 15 is 0 Å². The van der Waals surface area contributed by atoms with Crippen molar-refractivity contribution in [3.05, 3.63) is 64.5 Å². The molecule has 0 aliphatic heterocycles. The number of non-ortho nitro benzene ring substituents is 1. The number of ether oxygens (including phenoxy) is 1. The van der Waals surface area contributed by atoms with Crippen LogP contribution in [0, 0.1) is 10.1 Å². The van der Waals surface area contributed by atoms with Crippen LogP contribution in [0.15, 0.2) is 48.8 Å². The van der Waals surface area contributed by atoms with Gasteiger partial charge in [-0.05, 0) is 36.6 Å². The molecule has 0 saturated heterocycles. The van der Waals surface area contributed by atoms with E-state index < -0.39 is 4.92 Å². The van der Waals surface area contributed by atoms with Crippen LogP contribution in [-0.4, -0.2) is 28.0 Å². The Morgan fingerprint density at radius 2 is 1.96 bits per heavy atom. The number of hydrogen-bond donors (Lipinski definition) is 1. The summed E-state index contributed by atoms with van der Waals surface area (Å²) in [6, 6.07) is 12.6. The van der Waals surface area contributed by atoms with Gasteiger partial charge in [-0.1, -0.05) is 19.1 Å². The number of nitro groups is 1. The zero-order chi connectivity index (χ0) is 18.4. The third-order valence-corrected chi connectivity index (χ3v) is 3.93. The molecule has 26 heavy (non-hydrogen) atoms. The zero-order valence-corrected chi connectivity index (χ0v) is 14.5. The molecular weight excluding hydrogens is 332 g/mol. The van der Waals surface area contributed by atoms with Gasteiger partial charge < -0.3 is 10.1 Å². The number of aromatic nitrogens is 2. The largest absolute Gasteiger partial charge is 0.494 e. The molecule has 0 amide bonds. The van der Waals surface area contributed by atoms with Gasteiger partial charge in [-0.3, -0.25) is 10.1 Å². The number of benzene rings is 2. The maximum atomic E-state index is 11.0.